The molecule has 0 radical (unpaired) electrons. The normalized spacial score (nSPS) is 22.0. The van der Waals surface area contributed by atoms with Gasteiger partial charge in [-0.3, -0.25) is 24.1 Å². The molecule has 1 aliphatic heterocycles. The summed E-state index contributed by atoms with van der Waals surface area (Å²) in [5.74, 6) is -2.87. The molecule has 1 N–H and O–H groups in total. The minimum Gasteiger partial charge on any atom is -0.452 e. The fourth-order valence-corrected chi connectivity index (χ4v) is 3.38. The van der Waals surface area contributed by atoms with Crippen LogP contribution in [0.25, 0.3) is 0 Å². The molecule has 8 heteroatoms. The number of imide groups is 1. The third-order valence-corrected chi connectivity index (χ3v) is 4.93. The van der Waals surface area contributed by atoms with Gasteiger partial charge < -0.3 is 10.1 Å². The Morgan fingerprint density at radius 1 is 1.14 bits per heavy atom. The SMILES string of the molecule is C[C@@H](OC(=O)CCN1C(=O)[C@H]2CC=CC[C@H]2C1=O)C(=O)Nc1ccc(F)cc1. The number of esters is 1. The molecule has 1 saturated heterocycles. The van der Waals surface area contributed by atoms with Gasteiger partial charge in [-0.2, -0.15) is 0 Å². The highest BCUT2D eigenvalue weighted by Gasteiger charge is 2.47. The molecule has 3 rings (SSSR count). The average molecular weight is 388 g/mol. The molecule has 0 unspecified atom stereocenters. The zero-order chi connectivity index (χ0) is 20.3. The van der Waals surface area contributed by atoms with Crippen LogP contribution in [-0.4, -0.2) is 41.2 Å². The number of fused-ring (bicyclic) bond motifs is 1. The molecule has 1 aromatic carbocycles. The van der Waals surface area contributed by atoms with Crippen molar-refractivity contribution in [2.75, 3.05) is 11.9 Å². The molecule has 2 aliphatic rings. The second-order valence-electron chi connectivity index (χ2n) is 6.86. The molecule has 7 nitrogen and oxygen atoms in total. The summed E-state index contributed by atoms with van der Waals surface area (Å²) in [6, 6.07) is 5.17. The summed E-state index contributed by atoms with van der Waals surface area (Å²) in [5, 5.41) is 2.51. The number of amides is 3. The first-order chi connectivity index (χ1) is 13.4. The third kappa shape index (κ3) is 4.27. The summed E-state index contributed by atoms with van der Waals surface area (Å²) in [6.07, 6.45) is 3.61. The summed E-state index contributed by atoms with van der Waals surface area (Å²) < 4.78 is 18.0. The van der Waals surface area contributed by atoms with Crippen LogP contribution in [0.15, 0.2) is 36.4 Å². The van der Waals surface area contributed by atoms with E-state index in [2.05, 4.69) is 5.32 Å². The van der Waals surface area contributed by atoms with Crippen LogP contribution in [0.4, 0.5) is 10.1 Å². The van der Waals surface area contributed by atoms with Gasteiger partial charge in [0.25, 0.3) is 5.91 Å². The van der Waals surface area contributed by atoms with Gasteiger partial charge in [-0.1, -0.05) is 12.2 Å². The molecule has 28 heavy (non-hydrogen) atoms. The number of rotatable bonds is 6. The van der Waals surface area contributed by atoms with Crippen LogP contribution >= 0.6 is 0 Å². The Labute approximate surface area is 161 Å². The largest absolute Gasteiger partial charge is 0.452 e. The van der Waals surface area contributed by atoms with Crippen LogP contribution in [-0.2, 0) is 23.9 Å². The molecule has 1 heterocycles. The molecular formula is C20H21FN2O5. The lowest BCUT2D eigenvalue weighted by Crippen LogP contribution is -2.35. The highest BCUT2D eigenvalue weighted by molar-refractivity contribution is 6.05. The number of benzene rings is 1. The van der Waals surface area contributed by atoms with Gasteiger partial charge in [0.2, 0.25) is 11.8 Å². The monoisotopic (exact) mass is 388 g/mol. The van der Waals surface area contributed by atoms with Crippen LogP contribution in [0, 0.1) is 17.7 Å². The molecular weight excluding hydrogens is 367 g/mol. The second kappa shape index (κ2) is 8.33. The number of allylic oxidation sites excluding steroid dienone is 2. The molecule has 3 amide bonds. The number of carbonyl (C=O) groups excluding carboxylic acids is 4. The van der Waals surface area contributed by atoms with E-state index >= 15 is 0 Å². The van der Waals surface area contributed by atoms with Crippen molar-refractivity contribution >= 4 is 29.4 Å². The van der Waals surface area contributed by atoms with E-state index in [9.17, 15) is 23.6 Å². The number of halogens is 1. The molecule has 0 saturated carbocycles. The topological polar surface area (TPSA) is 92.8 Å². The lowest BCUT2D eigenvalue weighted by molar-refractivity contribution is -0.154. The maximum absolute atomic E-state index is 12.9. The van der Waals surface area contributed by atoms with Crippen molar-refractivity contribution in [3.8, 4) is 0 Å². The first-order valence-corrected chi connectivity index (χ1v) is 9.13. The van der Waals surface area contributed by atoms with E-state index in [1.54, 1.807) is 0 Å². The van der Waals surface area contributed by atoms with Crippen molar-refractivity contribution in [2.45, 2.75) is 32.3 Å². The Balaban J connectivity index is 1.47. The minimum atomic E-state index is -1.07. The summed E-state index contributed by atoms with van der Waals surface area (Å²) in [4.78, 5) is 49.9. The standard InChI is InChI=1S/C20H21FN2O5/c1-12(18(25)22-14-8-6-13(21)7-9-14)28-17(24)10-11-23-19(26)15-4-2-3-5-16(15)20(23)27/h2-3,6-9,12,15-16H,4-5,10-11H2,1H3,(H,22,25)/t12-,15-,16+/m1/s1. The van der Waals surface area contributed by atoms with Crippen molar-refractivity contribution in [3.63, 3.8) is 0 Å². The number of ether oxygens (including phenoxy) is 1. The number of hydrogen-bond donors (Lipinski definition) is 1. The fourth-order valence-electron chi connectivity index (χ4n) is 3.38. The zero-order valence-electron chi connectivity index (χ0n) is 15.4. The third-order valence-electron chi connectivity index (χ3n) is 4.93. The van der Waals surface area contributed by atoms with Crippen LogP contribution < -0.4 is 5.32 Å². The zero-order valence-corrected chi connectivity index (χ0v) is 15.4. The van der Waals surface area contributed by atoms with Gasteiger partial charge in [0.15, 0.2) is 6.10 Å². The number of carbonyl (C=O) groups is 4. The lowest BCUT2D eigenvalue weighted by atomic mass is 9.85. The van der Waals surface area contributed by atoms with Crippen LogP contribution in [0.1, 0.15) is 26.2 Å². The van der Waals surface area contributed by atoms with Crippen LogP contribution in [0.2, 0.25) is 0 Å². The summed E-state index contributed by atoms with van der Waals surface area (Å²) in [6.45, 7) is 1.35. The summed E-state index contributed by atoms with van der Waals surface area (Å²) in [5.41, 5.74) is 0.374. The van der Waals surface area contributed by atoms with Crippen LogP contribution in [0.5, 0.6) is 0 Å². The van der Waals surface area contributed by atoms with Crippen molar-refractivity contribution in [1.82, 2.24) is 4.90 Å². The average Bonchev–Trinajstić information content (AvgIpc) is 2.92. The number of anilines is 1. The van der Waals surface area contributed by atoms with Crippen molar-refractivity contribution in [2.24, 2.45) is 11.8 Å². The van der Waals surface area contributed by atoms with E-state index < -0.39 is 23.8 Å². The van der Waals surface area contributed by atoms with E-state index in [0.717, 1.165) is 4.90 Å². The van der Waals surface area contributed by atoms with Gasteiger partial charge >= 0.3 is 5.97 Å². The molecule has 148 valence electrons. The van der Waals surface area contributed by atoms with Gasteiger partial charge in [0.05, 0.1) is 18.3 Å². The number of hydrogen-bond acceptors (Lipinski definition) is 5. The van der Waals surface area contributed by atoms with Crippen molar-refractivity contribution in [3.05, 3.63) is 42.2 Å². The Kier molecular flexibility index (Phi) is 5.87. The van der Waals surface area contributed by atoms with E-state index in [1.807, 2.05) is 12.2 Å². The predicted octanol–water partition coefficient (Wildman–Crippen LogP) is 2.04. The van der Waals surface area contributed by atoms with Gasteiger partial charge in [-0.15, -0.1) is 0 Å². The highest BCUT2D eigenvalue weighted by Crippen LogP contribution is 2.35. The minimum absolute atomic E-state index is 0.0597. The quantitative estimate of drug-likeness (QED) is 0.457. The molecule has 0 bridgehead atoms. The van der Waals surface area contributed by atoms with E-state index in [-0.39, 0.29) is 36.6 Å². The number of likely N-dealkylation sites (tertiary alicyclic amines) is 1. The Hall–Kier alpha value is -3.03. The van der Waals surface area contributed by atoms with E-state index in [4.69, 9.17) is 4.74 Å². The first kappa shape index (κ1) is 19.7. The van der Waals surface area contributed by atoms with Gasteiger partial charge in [-0.05, 0) is 44.0 Å². The second-order valence-corrected chi connectivity index (χ2v) is 6.86. The number of nitrogens with zero attached hydrogens (tertiary/aromatic N) is 1. The Morgan fingerprint density at radius 2 is 1.71 bits per heavy atom. The maximum Gasteiger partial charge on any atom is 0.308 e. The molecule has 1 aromatic rings. The highest BCUT2D eigenvalue weighted by atomic mass is 19.1. The predicted molar refractivity (Wildman–Crippen MR) is 97.3 cm³/mol. The summed E-state index contributed by atoms with van der Waals surface area (Å²) in [7, 11) is 0. The van der Waals surface area contributed by atoms with Gasteiger partial charge in [0.1, 0.15) is 5.82 Å². The maximum atomic E-state index is 12.9. The first-order valence-electron chi connectivity index (χ1n) is 9.13. The van der Waals surface area contributed by atoms with Crippen LogP contribution in [0.3, 0.4) is 0 Å². The molecule has 0 spiro atoms. The summed E-state index contributed by atoms with van der Waals surface area (Å²) >= 11 is 0. The lowest BCUT2D eigenvalue weighted by Gasteiger charge is -2.16. The van der Waals surface area contributed by atoms with Crippen molar-refractivity contribution < 1.29 is 28.3 Å². The number of nitrogens with one attached hydrogen (secondary N) is 1. The van der Waals surface area contributed by atoms with E-state index in [1.165, 1.54) is 31.2 Å². The van der Waals surface area contributed by atoms with Gasteiger partial charge in [0, 0.05) is 12.2 Å². The molecule has 1 aliphatic carbocycles. The van der Waals surface area contributed by atoms with Crippen molar-refractivity contribution in [1.29, 1.82) is 0 Å². The fraction of sp³-hybridized carbons (Fsp3) is 0.400. The Morgan fingerprint density at radius 3 is 2.29 bits per heavy atom. The molecule has 0 aromatic heterocycles. The molecule has 1 fully saturated rings. The molecule has 3 atom stereocenters. The van der Waals surface area contributed by atoms with Gasteiger partial charge in [-0.25, -0.2) is 4.39 Å². The smallest absolute Gasteiger partial charge is 0.308 e. The van der Waals surface area contributed by atoms with E-state index in [0.29, 0.717) is 18.5 Å². The Bertz CT molecular complexity index is 794.